The summed E-state index contributed by atoms with van der Waals surface area (Å²) in [6, 6.07) is 3.09. The quantitative estimate of drug-likeness (QED) is 0.747. The second-order valence-electron chi connectivity index (χ2n) is 2.68. The highest BCUT2D eigenvalue weighted by Crippen LogP contribution is 2.32. The SMILES string of the molecule is COC(=O)c1c(Cl)cc(OC)cc1OC. The van der Waals surface area contributed by atoms with Gasteiger partial charge in [-0.2, -0.15) is 0 Å². The number of benzene rings is 1. The van der Waals surface area contributed by atoms with Gasteiger partial charge in [-0.3, -0.25) is 0 Å². The lowest BCUT2D eigenvalue weighted by Crippen LogP contribution is -2.05. The smallest absolute Gasteiger partial charge is 0.343 e. The van der Waals surface area contributed by atoms with Gasteiger partial charge in [0.25, 0.3) is 0 Å². The molecule has 5 heteroatoms. The Hall–Kier alpha value is -1.42. The first kappa shape index (κ1) is 11.7. The summed E-state index contributed by atoms with van der Waals surface area (Å²) < 4.78 is 14.6. The minimum absolute atomic E-state index is 0.197. The molecule has 0 aliphatic carbocycles. The molecule has 1 rings (SSSR count). The molecule has 0 atom stereocenters. The second kappa shape index (κ2) is 4.89. The summed E-state index contributed by atoms with van der Waals surface area (Å²) >= 11 is 5.90. The molecular formula is C10H11ClO4. The van der Waals surface area contributed by atoms with Crippen molar-refractivity contribution in [3.8, 4) is 11.5 Å². The van der Waals surface area contributed by atoms with Crippen molar-refractivity contribution in [2.45, 2.75) is 0 Å². The molecule has 0 unspecified atom stereocenters. The summed E-state index contributed by atoms with van der Waals surface area (Å²) in [6.07, 6.45) is 0. The van der Waals surface area contributed by atoms with Crippen molar-refractivity contribution in [2.75, 3.05) is 21.3 Å². The lowest BCUT2D eigenvalue weighted by atomic mass is 10.2. The molecule has 0 aromatic heterocycles. The van der Waals surface area contributed by atoms with E-state index in [4.69, 9.17) is 21.1 Å². The Labute approximate surface area is 92.7 Å². The zero-order chi connectivity index (χ0) is 11.4. The first-order chi connectivity index (χ1) is 7.13. The van der Waals surface area contributed by atoms with Gasteiger partial charge >= 0.3 is 5.97 Å². The number of hydrogen-bond acceptors (Lipinski definition) is 4. The highest BCUT2D eigenvalue weighted by atomic mass is 35.5. The van der Waals surface area contributed by atoms with Crippen LogP contribution in [0.2, 0.25) is 5.02 Å². The fourth-order valence-electron chi connectivity index (χ4n) is 1.14. The first-order valence-corrected chi connectivity index (χ1v) is 4.51. The second-order valence-corrected chi connectivity index (χ2v) is 3.09. The molecule has 1 aromatic rings. The molecule has 82 valence electrons. The van der Waals surface area contributed by atoms with Crippen molar-refractivity contribution in [1.82, 2.24) is 0 Å². The Morgan fingerprint density at radius 2 is 1.87 bits per heavy atom. The van der Waals surface area contributed by atoms with Crippen molar-refractivity contribution < 1.29 is 19.0 Å². The lowest BCUT2D eigenvalue weighted by Gasteiger charge is -2.10. The third kappa shape index (κ3) is 2.33. The van der Waals surface area contributed by atoms with Crippen LogP contribution in [0.15, 0.2) is 12.1 Å². The Morgan fingerprint density at radius 3 is 2.33 bits per heavy atom. The Kier molecular flexibility index (Phi) is 3.80. The molecule has 0 fully saturated rings. The molecule has 0 amide bonds. The lowest BCUT2D eigenvalue weighted by molar-refractivity contribution is 0.0597. The number of carbonyl (C=O) groups is 1. The minimum Gasteiger partial charge on any atom is -0.497 e. The van der Waals surface area contributed by atoms with Crippen LogP contribution in [0.3, 0.4) is 0 Å². The number of ether oxygens (including phenoxy) is 3. The number of halogens is 1. The van der Waals surface area contributed by atoms with Gasteiger partial charge in [0.2, 0.25) is 0 Å². The van der Waals surface area contributed by atoms with E-state index < -0.39 is 5.97 Å². The fourth-order valence-corrected chi connectivity index (χ4v) is 1.41. The molecule has 15 heavy (non-hydrogen) atoms. The maximum atomic E-state index is 11.4. The molecule has 0 N–H and O–H groups in total. The maximum Gasteiger partial charge on any atom is 0.343 e. The number of esters is 1. The van der Waals surface area contributed by atoms with Gasteiger partial charge in [-0.25, -0.2) is 4.79 Å². The molecule has 0 saturated carbocycles. The predicted octanol–water partition coefficient (Wildman–Crippen LogP) is 2.14. The van der Waals surface area contributed by atoms with Crippen LogP contribution in [0.25, 0.3) is 0 Å². The average molecular weight is 231 g/mol. The van der Waals surface area contributed by atoms with Gasteiger partial charge in [-0.05, 0) is 6.07 Å². The normalized spacial score (nSPS) is 9.60. The van der Waals surface area contributed by atoms with Crippen molar-refractivity contribution in [3.05, 3.63) is 22.7 Å². The maximum absolute atomic E-state index is 11.4. The zero-order valence-corrected chi connectivity index (χ0v) is 9.42. The van der Waals surface area contributed by atoms with Crippen LogP contribution in [-0.2, 0) is 4.74 Å². The summed E-state index contributed by atoms with van der Waals surface area (Å²) in [6.45, 7) is 0. The van der Waals surface area contributed by atoms with Crippen molar-refractivity contribution >= 4 is 17.6 Å². The molecule has 0 bridgehead atoms. The van der Waals surface area contributed by atoms with Gasteiger partial charge in [0.15, 0.2) is 0 Å². The topological polar surface area (TPSA) is 44.8 Å². The van der Waals surface area contributed by atoms with E-state index in [2.05, 4.69) is 4.74 Å². The Balaban J connectivity index is 3.30. The van der Waals surface area contributed by atoms with Gasteiger partial charge in [-0.1, -0.05) is 11.6 Å². The fraction of sp³-hybridized carbons (Fsp3) is 0.300. The summed E-state index contributed by atoms with van der Waals surface area (Å²) in [5.74, 6) is 0.301. The van der Waals surface area contributed by atoms with E-state index in [1.165, 1.54) is 27.4 Å². The number of carbonyl (C=O) groups excluding carboxylic acids is 1. The van der Waals surface area contributed by atoms with E-state index in [1.807, 2.05) is 0 Å². The van der Waals surface area contributed by atoms with Crippen LogP contribution in [0.5, 0.6) is 11.5 Å². The number of rotatable bonds is 3. The van der Waals surface area contributed by atoms with Gasteiger partial charge in [-0.15, -0.1) is 0 Å². The monoisotopic (exact) mass is 230 g/mol. The molecular weight excluding hydrogens is 220 g/mol. The van der Waals surface area contributed by atoms with Gasteiger partial charge in [0, 0.05) is 6.07 Å². The highest BCUT2D eigenvalue weighted by Gasteiger charge is 2.18. The van der Waals surface area contributed by atoms with E-state index >= 15 is 0 Å². The molecule has 0 saturated heterocycles. The van der Waals surface area contributed by atoms with Crippen LogP contribution in [-0.4, -0.2) is 27.3 Å². The van der Waals surface area contributed by atoms with E-state index in [9.17, 15) is 4.79 Å². The van der Waals surface area contributed by atoms with Crippen LogP contribution in [0.1, 0.15) is 10.4 Å². The zero-order valence-electron chi connectivity index (χ0n) is 8.67. The molecule has 0 spiro atoms. The molecule has 0 aliphatic rings. The van der Waals surface area contributed by atoms with E-state index in [-0.39, 0.29) is 10.6 Å². The molecule has 0 aliphatic heterocycles. The van der Waals surface area contributed by atoms with Gasteiger partial charge < -0.3 is 14.2 Å². The van der Waals surface area contributed by atoms with Crippen LogP contribution < -0.4 is 9.47 Å². The van der Waals surface area contributed by atoms with Gasteiger partial charge in [0.1, 0.15) is 17.1 Å². The van der Waals surface area contributed by atoms with Crippen molar-refractivity contribution in [2.24, 2.45) is 0 Å². The van der Waals surface area contributed by atoms with Crippen LogP contribution in [0.4, 0.5) is 0 Å². The molecule has 1 aromatic carbocycles. The van der Waals surface area contributed by atoms with E-state index in [0.717, 1.165) is 0 Å². The van der Waals surface area contributed by atoms with Crippen LogP contribution in [0, 0.1) is 0 Å². The summed E-state index contributed by atoms with van der Waals surface area (Å²) in [5.41, 5.74) is 0.197. The third-order valence-corrected chi connectivity index (χ3v) is 2.17. The summed E-state index contributed by atoms with van der Waals surface area (Å²) in [5, 5.41) is 0.234. The molecule has 0 heterocycles. The third-order valence-electron chi connectivity index (χ3n) is 1.87. The standard InChI is InChI=1S/C10H11ClO4/c1-13-6-4-7(11)9(10(12)15-3)8(5-6)14-2/h4-5H,1-3H3. The van der Waals surface area contributed by atoms with E-state index in [0.29, 0.717) is 11.5 Å². The highest BCUT2D eigenvalue weighted by molar-refractivity contribution is 6.34. The number of methoxy groups -OCH3 is 3. The van der Waals surface area contributed by atoms with Crippen molar-refractivity contribution in [1.29, 1.82) is 0 Å². The van der Waals surface area contributed by atoms with Gasteiger partial charge in [0.05, 0.1) is 26.4 Å². The number of hydrogen-bond donors (Lipinski definition) is 0. The summed E-state index contributed by atoms with van der Waals surface area (Å²) in [4.78, 5) is 11.4. The largest absolute Gasteiger partial charge is 0.497 e. The molecule has 0 radical (unpaired) electrons. The van der Waals surface area contributed by atoms with E-state index in [1.54, 1.807) is 6.07 Å². The predicted molar refractivity (Wildman–Crippen MR) is 55.9 cm³/mol. The summed E-state index contributed by atoms with van der Waals surface area (Å²) in [7, 11) is 4.22. The first-order valence-electron chi connectivity index (χ1n) is 4.13. The molecule has 4 nitrogen and oxygen atoms in total. The Morgan fingerprint density at radius 1 is 1.20 bits per heavy atom. The van der Waals surface area contributed by atoms with Crippen molar-refractivity contribution in [3.63, 3.8) is 0 Å². The average Bonchev–Trinajstić information content (AvgIpc) is 2.26. The Bertz CT molecular complexity index is 376. The van der Waals surface area contributed by atoms with Crippen LogP contribution >= 0.6 is 11.6 Å². The minimum atomic E-state index is -0.542.